The summed E-state index contributed by atoms with van der Waals surface area (Å²) in [4.78, 5) is 68.9. The first-order valence-electron chi connectivity index (χ1n) is 8.82. The largest absolute Gasteiger partial charge is 0.481 e. The Bertz CT molecular complexity index is 660. The van der Waals surface area contributed by atoms with Gasteiger partial charge in [0.05, 0.1) is 19.0 Å². The van der Waals surface area contributed by atoms with Crippen LogP contribution in [0.2, 0.25) is 0 Å². The van der Waals surface area contributed by atoms with Gasteiger partial charge in [0.25, 0.3) is 0 Å². The van der Waals surface area contributed by atoms with Crippen LogP contribution in [0.3, 0.4) is 0 Å². The zero-order valence-corrected chi connectivity index (χ0v) is 17.2. The predicted molar refractivity (Wildman–Crippen MR) is 106 cm³/mol. The molecule has 4 amide bonds. The third kappa shape index (κ3) is 11.9. The van der Waals surface area contributed by atoms with Gasteiger partial charge in [-0.15, -0.1) is 0 Å². The highest BCUT2D eigenvalue weighted by Gasteiger charge is 2.26. The second-order valence-electron chi connectivity index (χ2n) is 6.23. The lowest BCUT2D eigenvalue weighted by Crippen LogP contribution is -2.54. The van der Waals surface area contributed by atoms with E-state index in [1.807, 2.05) is 0 Å². The van der Waals surface area contributed by atoms with Crippen LogP contribution >= 0.6 is 11.8 Å². The summed E-state index contributed by atoms with van der Waals surface area (Å²) in [5, 5.41) is 24.6. The molecule has 0 spiro atoms. The average Bonchev–Trinajstić information content (AvgIpc) is 2.65. The number of carboxylic acid groups (broad SMARTS) is 2. The summed E-state index contributed by atoms with van der Waals surface area (Å²) in [7, 11) is 0. The molecule has 0 saturated carbocycles. The van der Waals surface area contributed by atoms with E-state index in [0.29, 0.717) is 5.75 Å². The predicted octanol–water partition coefficient (Wildman–Crippen LogP) is -3.02. The average molecular weight is 449 g/mol. The van der Waals surface area contributed by atoms with Crippen LogP contribution in [0.1, 0.15) is 25.7 Å². The van der Waals surface area contributed by atoms with Crippen LogP contribution in [-0.4, -0.2) is 82.5 Å². The Morgan fingerprint density at radius 2 is 1.60 bits per heavy atom. The van der Waals surface area contributed by atoms with E-state index in [2.05, 4.69) is 16.0 Å². The molecular weight excluding hydrogens is 422 g/mol. The Morgan fingerprint density at radius 1 is 0.967 bits per heavy atom. The van der Waals surface area contributed by atoms with Gasteiger partial charge in [-0.1, -0.05) is 0 Å². The maximum Gasteiger partial charge on any atom is 0.326 e. The van der Waals surface area contributed by atoms with Gasteiger partial charge in [-0.3, -0.25) is 24.0 Å². The fourth-order valence-corrected chi connectivity index (χ4v) is 2.63. The maximum absolute atomic E-state index is 12.3. The van der Waals surface area contributed by atoms with Crippen molar-refractivity contribution >= 4 is 47.3 Å². The zero-order valence-electron chi connectivity index (χ0n) is 16.4. The molecule has 0 fully saturated rings. The van der Waals surface area contributed by atoms with Gasteiger partial charge in [0.1, 0.15) is 12.1 Å². The van der Waals surface area contributed by atoms with E-state index in [9.17, 15) is 28.8 Å². The Labute approximate surface area is 176 Å². The molecule has 0 aliphatic carbocycles. The summed E-state index contributed by atoms with van der Waals surface area (Å²) in [6.45, 7) is -0.589. The van der Waals surface area contributed by atoms with Gasteiger partial charge >= 0.3 is 11.9 Å². The minimum atomic E-state index is -1.34. The van der Waals surface area contributed by atoms with Crippen molar-refractivity contribution in [3.8, 4) is 0 Å². The van der Waals surface area contributed by atoms with Crippen molar-refractivity contribution in [1.82, 2.24) is 16.0 Å². The second-order valence-corrected chi connectivity index (χ2v) is 7.21. The number of carbonyl (C=O) groups excluding carboxylic acids is 4. The minimum Gasteiger partial charge on any atom is -0.481 e. The van der Waals surface area contributed by atoms with Crippen molar-refractivity contribution in [3.63, 3.8) is 0 Å². The first kappa shape index (κ1) is 27.1. The molecule has 0 heterocycles. The van der Waals surface area contributed by atoms with E-state index in [4.69, 9.17) is 21.7 Å². The van der Waals surface area contributed by atoms with Gasteiger partial charge in [0, 0.05) is 6.42 Å². The molecule has 170 valence electrons. The lowest BCUT2D eigenvalue weighted by atomic mass is 10.1. The van der Waals surface area contributed by atoms with Crippen LogP contribution in [0, 0.1) is 0 Å². The van der Waals surface area contributed by atoms with Crippen molar-refractivity contribution in [1.29, 1.82) is 0 Å². The standard InChI is InChI=1S/C16H27N5O8S/c1-30-5-4-10(16(28)29)20-12(23)7-19-15(27)9(2-3-13(24)25)21-14(26)8(17)6-11(18)22/h8-10H,2-7,17H2,1H3,(H2,18,22)(H,19,27)(H,20,23)(H,21,26)(H,24,25)(H,28,29). The number of amides is 4. The molecule has 0 saturated heterocycles. The first-order chi connectivity index (χ1) is 14.0. The Morgan fingerprint density at radius 3 is 2.10 bits per heavy atom. The number of rotatable bonds is 15. The van der Waals surface area contributed by atoms with Crippen LogP contribution < -0.4 is 27.4 Å². The quantitative estimate of drug-likeness (QED) is 0.134. The van der Waals surface area contributed by atoms with Crippen molar-refractivity contribution in [2.24, 2.45) is 11.5 Å². The summed E-state index contributed by atoms with van der Waals surface area (Å²) in [6, 6.07) is -3.80. The molecule has 30 heavy (non-hydrogen) atoms. The highest BCUT2D eigenvalue weighted by molar-refractivity contribution is 7.98. The molecule has 0 rings (SSSR count). The highest BCUT2D eigenvalue weighted by Crippen LogP contribution is 2.02. The topological polar surface area (TPSA) is 231 Å². The van der Waals surface area contributed by atoms with Gasteiger partial charge in [-0.25, -0.2) is 4.79 Å². The van der Waals surface area contributed by atoms with Gasteiger partial charge in [0.15, 0.2) is 0 Å². The molecule has 0 aromatic rings. The fourth-order valence-electron chi connectivity index (χ4n) is 2.15. The number of nitrogens with two attached hydrogens (primary N) is 2. The Kier molecular flexibility index (Phi) is 12.8. The molecule has 0 aliphatic heterocycles. The molecule has 14 heteroatoms. The molecule has 0 aromatic carbocycles. The van der Waals surface area contributed by atoms with Gasteiger partial charge in [-0.2, -0.15) is 11.8 Å². The minimum absolute atomic E-state index is 0.186. The summed E-state index contributed by atoms with van der Waals surface area (Å²) in [5.74, 6) is -5.33. The van der Waals surface area contributed by atoms with Crippen LogP contribution in [0.25, 0.3) is 0 Å². The summed E-state index contributed by atoms with van der Waals surface area (Å²) < 4.78 is 0. The summed E-state index contributed by atoms with van der Waals surface area (Å²) >= 11 is 1.40. The number of carboxylic acids is 2. The van der Waals surface area contributed by atoms with E-state index >= 15 is 0 Å². The van der Waals surface area contributed by atoms with Crippen LogP contribution in [0.15, 0.2) is 0 Å². The van der Waals surface area contributed by atoms with Gasteiger partial charge in [-0.05, 0) is 24.9 Å². The smallest absolute Gasteiger partial charge is 0.326 e. The molecule has 0 aromatic heterocycles. The third-order valence-electron chi connectivity index (χ3n) is 3.70. The second kappa shape index (κ2) is 14.2. The number of nitrogens with one attached hydrogen (secondary N) is 3. The Hall–Kier alpha value is -2.87. The molecule has 0 radical (unpaired) electrons. The lowest BCUT2D eigenvalue weighted by molar-refractivity contribution is -0.141. The monoisotopic (exact) mass is 449 g/mol. The third-order valence-corrected chi connectivity index (χ3v) is 4.35. The lowest BCUT2D eigenvalue weighted by Gasteiger charge is -2.20. The van der Waals surface area contributed by atoms with Crippen LogP contribution in [-0.2, 0) is 28.8 Å². The number of primary amides is 1. The maximum atomic E-state index is 12.3. The van der Waals surface area contributed by atoms with E-state index in [1.165, 1.54) is 11.8 Å². The molecule has 9 N–H and O–H groups in total. The number of thioether (sulfide) groups is 1. The van der Waals surface area contributed by atoms with E-state index in [-0.39, 0.29) is 12.8 Å². The number of hydrogen-bond donors (Lipinski definition) is 7. The Balaban J connectivity index is 4.88. The molecule has 13 nitrogen and oxygen atoms in total. The molecule has 0 aliphatic rings. The number of hydrogen-bond acceptors (Lipinski definition) is 8. The van der Waals surface area contributed by atoms with Gasteiger partial charge in [0.2, 0.25) is 23.6 Å². The van der Waals surface area contributed by atoms with Crippen LogP contribution in [0.4, 0.5) is 0 Å². The van der Waals surface area contributed by atoms with E-state index in [0.717, 1.165) is 0 Å². The van der Waals surface area contributed by atoms with Crippen molar-refractivity contribution in [3.05, 3.63) is 0 Å². The summed E-state index contributed by atoms with van der Waals surface area (Å²) in [5.41, 5.74) is 10.4. The van der Waals surface area contributed by atoms with Crippen molar-refractivity contribution in [2.75, 3.05) is 18.6 Å². The van der Waals surface area contributed by atoms with Crippen molar-refractivity contribution < 1.29 is 39.0 Å². The van der Waals surface area contributed by atoms with Gasteiger partial charge < -0.3 is 37.6 Å². The number of carbonyl (C=O) groups is 6. The summed E-state index contributed by atoms with van der Waals surface area (Å²) in [6.07, 6.45) is 0.718. The van der Waals surface area contributed by atoms with E-state index in [1.54, 1.807) is 6.26 Å². The van der Waals surface area contributed by atoms with E-state index < -0.39 is 73.1 Å². The zero-order chi connectivity index (χ0) is 23.3. The van der Waals surface area contributed by atoms with Crippen molar-refractivity contribution in [2.45, 2.75) is 43.8 Å². The normalized spacial score (nSPS) is 13.4. The molecule has 3 atom stereocenters. The SMILES string of the molecule is CSCCC(NC(=O)CNC(=O)C(CCC(=O)O)NC(=O)C(N)CC(N)=O)C(=O)O. The highest BCUT2D eigenvalue weighted by atomic mass is 32.2. The molecule has 0 bridgehead atoms. The van der Waals surface area contributed by atoms with Crippen LogP contribution in [0.5, 0.6) is 0 Å². The first-order valence-corrected chi connectivity index (χ1v) is 10.2. The molecular formula is C16H27N5O8S. The number of aliphatic carboxylic acids is 2. The molecule has 3 unspecified atom stereocenters. The fraction of sp³-hybridized carbons (Fsp3) is 0.625.